The van der Waals surface area contributed by atoms with Gasteiger partial charge in [0.2, 0.25) is 5.95 Å². The van der Waals surface area contributed by atoms with Gasteiger partial charge in [-0.2, -0.15) is 0 Å². The van der Waals surface area contributed by atoms with Crippen LogP contribution in [-0.4, -0.2) is 60.5 Å². The summed E-state index contributed by atoms with van der Waals surface area (Å²) in [6.07, 6.45) is 3.51. The van der Waals surface area contributed by atoms with E-state index in [9.17, 15) is 4.79 Å². The molecule has 24 heavy (non-hydrogen) atoms. The summed E-state index contributed by atoms with van der Waals surface area (Å²) >= 11 is 1.77. The van der Waals surface area contributed by atoms with Crippen LogP contribution in [0.4, 0.5) is 5.95 Å². The highest BCUT2D eigenvalue weighted by Gasteiger charge is 2.24. The zero-order valence-electron chi connectivity index (χ0n) is 14.2. The smallest absolute Gasteiger partial charge is 0.277 e. The molecule has 1 amide bonds. The zero-order chi connectivity index (χ0) is 16.9. The number of rotatable bonds is 5. The van der Waals surface area contributed by atoms with Crippen molar-refractivity contribution >= 4 is 23.2 Å². The molecule has 1 fully saturated rings. The molecule has 128 valence electrons. The third-order valence-corrected chi connectivity index (χ3v) is 5.37. The second kappa shape index (κ2) is 7.72. The largest absolute Gasteiger partial charge is 0.337 e. The van der Waals surface area contributed by atoms with E-state index in [4.69, 9.17) is 0 Å². The highest BCUT2D eigenvalue weighted by molar-refractivity contribution is 7.10. The molecule has 0 aliphatic carbocycles. The first-order valence-corrected chi connectivity index (χ1v) is 9.15. The monoisotopic (exact) mass is 346 g/mol. The van der Waals surface area contributed by atoms with Crippen molar-refractivity contribution in [2.24, 2.45) is 0 Å². The Morgan fingerprint density at radius 2 is 1.96 bits per heavy atom. The lowest BCUT2D eigenvalue weighted by Crippen LogP contribution is -3.08. The lowest BCUT2D eigenvalue weighted by molar-refractivity contribution is -0.885. The van der Waals surface area contributed by atoms with E-state index in [2.05, 4.69) is 40.3 Å². The Labute approximate surface area is 146 Å². The number of quaternary nitrogens is 1. The van der Waals surface area contributed by atoms with Crippen LogP contribution in [0.1, 0.15) is 10.4 Å². The molecule has 1 N–H and O–H groups in total. The van der Waals surface area contributed by atoms with Gasteiger partial charge in [0.05, 0.1) is 11.9 Å². The fraction of sp³-hybridized carbons (Fsp3) is 0.471. The number of nitrogens with one attached hydrogen (secondary N) is 1. The van der Waals surface area contributed by atoms with Crippen molar-refractivity contribution in [3.8, 4) is 0 Å². The highest BCUT2D eigenvalue weighted by Crippen LogP contribution is 2.13. The van der Waals surface area contributed by atoms with Crippen molar-refractivity contribution in [2.75, 3.05) is 44.7 Å². The standard InChI is InChI=1S/C17H23N5OS/c1-14-4-11-24-15(14)12-20(2)13-16(23)21-7-9-22(10-8-21)17-18-5-3-6-19-17/h3-6,11H,7-10,12-13H2,1-2H3/p+1. The molecule has 1 saturated heterocycles. The average molecular weight is 346 g/mol. The van der Waals surface area contributed by atoms with Crippen molar-refractivity contribution in [2.45, 2.75) is 13.5 Å². The Morgan fingerprint density at radius 3 is 2.58 bits per heavy atom. The minimum absolute atomic E-state index is 0.232. The van der Waals surface area contributed by atoms with Gasteiger partial charge in [0.1, 0.15) is 6.54 Å². The van der Waals surface area contributed by atoms with Crippen LogP contribution in [0.3, 0.4) is 0 Å². The van der Waals surface area contributed by atoms with Crippen molar-refractivity contribution < 1.29 is 9.69 Å². The van der Waals surface area contributed by atoms with E-state index in [1.54, 1.807) is 23.7 Å². The molecule has 1 aliphatic heterocycles. The normalized spacial score (nSPS) is 16.2. The molecule has 2 aromatic rings. The predicted octanol–water partition coefficient (Wildman–Crippen LogP) is 0.210. The molecular formula is C17H24N5OS+. The van der Waals surface area contributed by atoms with Gasteiger partial charge in [-0.1, -0.05) is 0 Å². The van der Waals surface area contributed by atoms with Crippen LogP contribution < -0.4 is 9.80 Å². The quantitative estimate of drug-likeness (QED) is 0.841. The second-order valence-corrected chi connectivity index (χ2v) is 7.25. The Hall–Kier alpha value is -1.99. The van der Waals surface area contributed by atoms with E-state index in [0.717, 1.165) is 38.7 Å². The number of aromatic nitrogens is 2. The fourth-order valence-corrected chi connectivity index (χ4v) is 3.92. The Morgan fingerprint density at radius 1 is 1.25 bits per heavy atom. The van der Waals surface area contributed by atoms with Gasteiger partial charge in [0.15, 0.2) is 6.54 Å². The first-order valence-electron chi connectivity index (χ1n) is 8.27. The number of hydrogen-bond donors (Lipinski definition) is 1. The molecule has 1 atom stereocenters. The molecule has 3 heterocycles. The summed E-state index contributed by atoms with van der Waals surface area (Å²) < 4.78 is 0. The SMILES string of the molecule is Cc1ccsc1C[NH+](C)CC(=O)N1CCN(c2ncccn2)CC1. The van der Waals surface area contributed by atoms with Gasteiger partial charge >= 0.3 is 0 Å². The number of piperazine rings is 1. The lowest BCUT2D eigenvalue weighted by atomic mass is 10.2. The molecular weight excluding hydrogens is 322 g/mol. The molecule has 6 nitrogen and oxygen atoms in total. The van der Waals surface area contributed by atoms with Gasteiger partial charge < -0.3 is 14.7 Å². The summed E-state index contributed by atoms with van der Waals surface area (Å²) in [7, 11) is 2.09. The molecule has 7 heteroatoms. The number of carbonyl (C=O) groups is 1. The molecule has 0 aromatic carbocycles. The lowest BCUT2D eigenvalue weighted by Gasteiger charge is -2.34. The zero-order valence-corrected chi connectivity index (χ0v) is 15.1. The molecule has 0 bridgehead atoms. The summed E-state index contributed by atoms with van der Waals surface area (Å²) in [4.78, 5) is 27.8. The van der Waals surface area contributed by atoms with Gasteiger partial charge in [-0.05, 0) is 30.0 Å². The van der Waals surface area contributed by atoms with Crippen LogP contribution in [0.15, 0.2) is 29.9 Å². The molecule has 1 unspecified atom stereocenters. The number of nitrogens with zero attached hydrogens (tertiary/aromatic N) is 4. The van der Waals surface area contributed by atoms with E-state index in [0.29, 0.717) is 6.54 Å². The number of anilines is 1. The Bertz CT molecular complexity index is 667. The van der Waals surface area contributed by atoms with Crippen LogP contribution in [0.5, 0.6) is 0 Å². The van der Waals surface area contributed by atoms with Crippen LogP contribution >= 0.6 is 11.3 Å². The highest BCUT2D eigenvalue weighted by atomic mass is 32.1. The minimum atomic E-state index is 0.232. The summed E-state index contributed by atoms with van der Waals surface area (Å²) in [6, 6.07) is 3.96. The summed E-state index contributed by atoms with van der Waals surface area (Å²) in [6.45, 7) is 6.64. The summed E-state index contributed by atoms with van der Waals surface area (Å²) in [5.41, 5.74) is 1.32. The first kappa shape index (κ1) is 16.9. The molecule has 1 aliphatic rings. The van der Waals surface area contributed by atoms with Crippen molar-refractivity contribution in [3.05, 3.63) is 40.3 Å². The summed E-state index contributed by atoms with van der Waals surface area (Å²) in [5.74, 6) is 0.982. The summed E-state index contributed by atoms with van der Waals surface area (Å²) in [5, 5.41) is 2.12. The van der Waals surface area contributed by atoms with Crippen LogP contribution in [0.2, 0.25) is 0 Å². The average Bonchev–Trinajstić information content (AvgIpc) is 3.00. The van der Waals surface area contributed by atoms with Crippen LogP contribution in [0.25, 0.3) is 0 Å². The maximum Gasteiger partial charge on any atom is 0.277 e. The fourth-order valence-electron chi connectivity index (χ4n) is 2.90. The van der Waals surface area contributed by atoms with Crippen molar-refractivity contribution in [3.63, 3.8) is 0 Å². The van der Waals surface area contributed by atoms with Gasteiger partial charge in [-0.15, -0.1) is 11.3 Å². The van der Waals surface area contributed by atoms with E-state index in [1.165, 1.54) is 15.3 Å². The first-order chi connectivity index (χ1) is 11.6. The van der Waals surface area contributed by atoms with E-state index in [1.807, 2.05) is 11.0 Å². The number of carbonyl (C=O) groups excluding carboxylic acids is 1. The number of amides is 1. The van der Waals surface area contributed by atoms with Gasteiger partial charge in [-0.3, -0.25) is 4.79 Å². The molecule has 0 radical (unpaired) electrons. The second-order valence-electron chi connectivity index (χ2n) is 6.25. The van der Waals surface area contributed by atoms with Crippen molar-refractivity contribution in [1.82, 2.24) is 14.9 Å². The van der Waals surface area contributed by atoms with Gasteiger partial charge in [0, 0.05) is 38.6 Å². The molecule has 0 saturated carbocycles. The minimum Gasteiger partial charge on any atom is -0.337 e. The van der Waals surface area contributed by atoms with Gasteiger partial charge in [-0.25, -0.2) is 9.97 Å². The van der Waals surface area contributed by atoms with E-state index < -0.39 is 0 Å². The molecule has 3 rings (SSSR count). The molecule has 2 aromatic heterocycles. The maximum absolute atomic E-state index is 12.5. The van der Waals surface area contributed by atoms with Crippen LogP contribution in [0, 0.1) is 6.92 Å². The number of hydrogen-bond acceptors (Lipinski definition) is 5. The van der Waals surface area contributed by atoms with E-state index in [-0.39, 0.29) is 5.91 Å². The Balaban J connectivity index is 1.47. The third kappa shape index (κ3) is 4.10. The van der Waals surface area contributed by atoms with Gasteiger partial charge in [0.25, 0.3) is 5.91 Å². The number of thiophene rings is 1. The number of likely N-dealkylation sites (N-methyl/N-ethyl adjacent to an activating group) is 1. The predicted molar refractivity (Wildman–Crippen MR) is 95.3 cm³/mol. The number of aryl methyl sites for hydroxylation is 1. The topological polar surface area (TPSA) is 53.8 Å². The van der Waals surface area contributed by atoms with Crippen LogP contribution in [-0.2, 0) is 11.3 Å². The third-order valence-electron chi connectivity index (χ3n) is 4.35. The molecule has 0 spiro atoms. The maximum atomic E-state index is 12.5. The van der Waals surface area contributed by atoms with E-state index >= 15 is 0 Å². The van der Waals surface area contributed by atoms with Crippen molar-refractivity contribution in [1.29, 1.82) is 0 Å². The Kier molecular flexibility index (Phi) is 5.42.